The lowest BCUT2D eigenvalue weighted by atomic mass is 9.68. The van der Waals surface area contributed by atoms with Crippen molar-refractivity contribution in [3.05, 3.63) is 0 Å². The summed E-state index contributed by atoms with van der Waals surface area (Å²) in [5.74, 6) is 0. The summed E-state index contributed by atoms with van der Waals surface area (Å²) in [5.41, 5.74) is 0.172. The highest BCUT2D eigenvalue weighted by molar-refractivity contribution is 6.21. The molecule has 0 bridgehead atoms. The van der Waals surface area contributed by atoms with Crippen molar-refractivity contribution in [1.29, 1.82) is 0 Å². The van der Waals surface area contributed by atoms with E-state index >= 15 is 0 Å². The Hall–Kier alpha value is 0.250. The maximum Gasteiger partial charge on any atom is 0.0657 e. The van der Waals surface area contributed by atoms with Crippen molar-refractivity contribution in [2.24, 2.45) is 5.41 Å². The van der Waals surface area contributed by atoms with E-state index in [0.29, 0.717) is 17.6 Å². The van der Waals surface area contributed by atoms with E-state index in [1.54, 1.807) is 0 Å². The standard InChI is InChI=1S/C9H17ClO/c1-6(2)11-8-5-7(10)9(8,3)4/h6-8H,5H2,1-4H3. The Morgan fingerprint density at radius 3 is 2.27 bits per heavy atom. The zero-order valence-corrected chi connectivity index (χ0v) is 8.48. The summed E-state index contributed by atoms with van der Waals surface area (Å²) in [5, 5.41) is 0.297. The highest BCUT2D eigenvalue weighted by Crippen LogP contribution is 2.46. The Morgan fingerprint density at radius 2 is 2.00 bits per heavy atom. The van der Waals surface area contributed by atoms with Crippen LogP contribution in [0.2, 0.25) is 0 Å². The molecular formula is C9H17ClO. The maximum atomic E-state index is 6.04. The van der Waals surface area contributed by atoms with Crippen molar-refractivity contribution in [3.63, 3.8) is 0 Å². The molecule has 0 radical (unpaired) electrons. The summed E-state index contributed by atoms with van der Waals surface area (Å²) in [6.45, 7) is 8.47. The van der Waals surface area contributed by atoms with Crippen LogP contribution in [0.1, 0.15) is 34.1 Å². The molecule has 0 N–H and O–H groups in total. The first-order chi connectivity index (χ1) is 4.94. The Kier molecular flexibility index (Phi) is 2.50. The van der Waals surface area contributed by atoms with Crippen LogP contribution < -0.4 is 0 Å². The zero-order chi connectivity index (χ0) is 8.65. The number of hydrogen-bond acceptors (Lipinski definition) is 1. The molecule has 0 spiro atoms. The molecule has 1 aliphatic rings. The lowest BCUT2D eigenvalue weighted by molar-refractivity contribution is -0.113. The van der Waals surface area contributed by atoms with E-state index < -0.39 is 0 Å². The fourth-order valence-corrected chi connectivity index (χ4v) is 1.70. The third-order valence-electron chi connectivity index (χ3n) is 2.49. The third kappa shape index (κ3) is 1.70. The van der Waals surface area contributed by atoms with Gasteiger partial charge in [0.2, 0.25) is 0 Å². The maximum absolute atomic E-state index is 6.04. The van der Waals surface area contributed by atoms with Crippen LogP contribution in [0.25, 0.3) is 0 Å². The lowest BCUT2D eigenvalue weighted by Crippen LogP contribution is -2.52. The van der Waals surface area contributed by atoms with Crippen LogP contribution in [0.5, 0.6) is 0 Å². The van der Waals surface area contributed by atoms with Crippen molar-refractivity contribution < 1.29 is 4.74 Å². The quantitative estimate of drug-likeness (QED) is 0.588. The second-order valence-corrected chi connectivity index (χ2v) is 4.72. The molecule has 1 fully saturated rings. The van der Waals surface area contributed by atoms with Gasteiger partial charge < -0.3 is 4.74 Å². The molecule has 0 heterocycles. The van der Waals surface area contributed by atoms with Crippen LogP contribution in [0.4, 0.5) is 0 Å². The first-order valence-electron chi connectivity index (χ1n) is 4.24. The van der Waals surface area contributed by atoms with Gasteiger partial charge in [0.1, 0.15) is 0 Å². The average Bonchev–Trinajstić information content (AvgIpc) is 1.87. The van der Waals surface area contributed by atoms with Crippen molar-refractivity contribution >= 4 is 11.6 Å². The molecule has 0 amide bonds. The van der Waals surface area contributed by atoms with Gasteiger partial charge in [-0.3, -0.25) is 0 Å². The van der Waals surface area contributed by atoms with E-state index in [9.17, 15) is 0 Å². The first-order valence-corrected chi connectivity index (χ1v) is 4.67. The number of rotatable bonds is 2. The fraction of sp³-hybridized carbons (Fsp3) is 1.00. The van der Waals surface area contributed by atoms with Crippen LogP contribution in [0.15, 0.2) is 0 Å². The van der Waals surface area contributed by atoms with Gasteiger partial charge in [0.15, 0.2) is 0 Å². The third-order valence-corrected chi connectivity index (χ3v) is 3.24. The minimum atomic E-state index is 0.172. The predicted octanol–water partition coefficient (Wildman–Crippen LogP) is 2.82. The second kappa shape index (κ2) is 2.95. The molecule has 66 valence electrons. The van der Waals surface area contributed by atoms with Crippen LogP contribution >= 0.6 is 11.6 Å². The van der Waals surface area contributed by atoms with Crippen LogP contribution in [-0.4, -0.2) is 17.6 Å². The molecule has 0 aromatic carbocycles. The molecule has 11 heavy (non-hydrogen) atoms. The summed E-state index contributed by atoms with van der Waals surface area (Å²) >= 11 is 6.04. The van der Waals surface area contributed by atoms with Crippen LogP contribution in [0.3, 0.4) is 0 Å². The van der Waals surface area contributed by atoms with Crippen molar-refractivity contribution in [2.75, 3.05) is 0 Å². The molecule has 2 heteroatoms. The van der Waals surface area contributed by atoms with E-state index in [1.165, 1.54) is 0 Å². The van der Waals surface area contributed by atoms with Gasteiger partial charge in [-0.15, -0.1) is 11.6 Å². The number of halogens is 1. The summed E-state index contributed by atoms with van der Waals surface area (Å²) in [7, 11) is 0. The second-order valence-electron chi connectivity index (χ2n) is 4.20. The smallest absolute Gasteiger partial charge is 0.0657 e. The van der Waals surface area contributed by atoms with Gasteiger partial charge >= 0.3 is 0 Å². The van der Waals surface area contributed by atoms with Crippen LogP contribution in [0, 0.1) is 5.41 Å². The minimum Gasteiger partial charge on any atom is -0.375 e. The Morgan fingerprint density at radius 1 is 1.45 bits per heavy atom. The lowest BCUT2D eigenvalue weighted by Gasteiger charge is -2.49. The summed E-state index contributed by atoms with van der Waals surface area (Å²) in [4.78, 5) is 0. The first kappa shape index (κ1) is 9.34. The van der Waals surface area contributed by atoms with Crippen molar-refractivity contribution in [2.45, 2.75) is 51.7 Å². The zero-order valence-electron chi connectivity index (χ0n) is 7.73. The molecule has 2 unspecified atom stereocenters. The molecule has 1 aliphatic carbocycles. The number of hydrogen-bond donors (Lipinski definition) is 0. The van der Waals surface area contributed by atoms with Crippen LogP contribution in [-0.2, 0) is 4.74 Å². The van der Waals surface area contributed by atoms with E-state index in [0.717, 1.165) is 6.42 Å². The van der Waals surface area contributed by atoms with E-state index in [2.05, 4.69) is 27.7 Å². The largest absolute Gasteiger partial charge is 0.375 e. The van der Waals surface area contributed by atoms with Crippen molar-refractivity contribution in [1.82, 2.24) is 0 Å². The van der Waals surface area contributed by atoms with Gasteiger partial charge in [-0.25, -0.2) is 0 Å². The highest BCUT2D eigenvalue weighted by atomic mass is 35.5. The molecular weight excluding hydrogens is 160 g/mol. The van der Waals surface area contributed by atoms with Gasteiger partial charge in [0, 0.05) is 10.8 Å². The van der Waals surface area contributed by atoms with Gasteiger partial charge in [0.05, 0.1) is 12.2 Å². The molecule has 0 aromatic heterocycles. The highest BCUT2D eigenvalue weighted by Gasteiger charge is 2.48. The molecule has 1 rings (SSSR count). The normalized spacial score (nSPS) is 35.5. The fourth-order valence-electron chi connectivity index (χ4n) is 1.40. The topological polar surface area (TPSA) is 9.23 Å². The molecule has 0 aromatic rings. The number of ether oxygens (including phenoxy) is 1. The monoisotopic (exact) mass is 176 g/mol. The van der Waals surface area contributed by atoms with Crippen molar-refractivity contribution in [3.8, 4) is 0 Å². The molecule has 2 atom stereocenters. The van der Waals surface area contributed by atoms with Gasteiger partial charge in [-0.05, 0) is 20.3 Å². The van der Waals surface area contributed by atoms with Gasteiger partial charge in [0.25, 0.3) is 0 Å². The van der Waals surface area contributed by atoms with E-state index in [4.69, 9.17) is 16.3 Å². The summed E-state index contributed by atoms with van der Waals surface area (Å²) in [6.07, 6.45) is 1.70. The molecule has 1 nitrogen and oxygen atoms in total. The predicted molar refractivity (Wildman–Crippen MR) is 48.0 cm³/mol. The average molecular weight is 177 g/mol. The number of alkyl halides is 1. The van der Waals surface area contributed by atoms with Gasteiger partial charge in [-0.2, -0.15) is 0 Å². The summed E-state index contributed by atoms with van der Waals surface area (Å²) in [6, 6.07) is 0. The summed E-state index contributed by atoms with van der Waals surface area (Å²) < 4.78 is 5.69. The van der Waals surface area contributed by atoms with E-state index in [1.807, 2.05) is 0 Å². The Labute approximate surface area is 74.1 Å². The van der Waals surface area contributed by atoms with Gasteiger partial charge in [-0.1, -0.05) is 13.8 Å². The molecule has 1 saturated carbocycles. The van der Waals surface area contributed by atoms with E-state index in [-0.39, 0.29) is 5.41 Å². The molecule has 0 saturated heterocycles. The SMILES string of the molecule is CC(C)OC1CC(Cl)C1(C)C. The molecule has 0 aliphatic heterocycles. The minimum absolute atomic E-state index is 0.172. The Bertz CT molecular complexity index is 142. The Balaban J connectivity index is 2.40.